The lowest BCUT2D eigenvalue weighted by atomic mass is 9.81. The Balaban J connectivity index is 1.57. The van der Waals surface area contributed by atoms with Gasteiger partial charge in [-0.1, -0.05) is 32.0 Å². The molecule has 0 radical (unpaired) electrons. The first-order valence-electron chi connectivity index (χ1n) is 9.72. The number of aryl methyl sites for hydroxylation is 1. The molecule has 3 nitrogen and oxygen atoms in total. The van der Waals surface area contributed by atoms with Gasteiger partial charge in [-0.05, 0) is 56.0 Å². The second kappa shape index (κ2) is 8.30. The molecule has 2 aliphatic heterocycles. The maximum atomic E-state index is 5.61. The topological polar surface area (TPSA) is 28.5 Å². The predicted octanol–water partition coefficient (Wildman–Crippen LogP) is 2.91. The molecule has 1 aromatic carbocycles. The summed E-state index contributed by atoms with van der Waals surface area (Å²) in [6.45, 7) is 5.84. The van der Waals surface area contributed by atoms with Crippen molar-refractivity contribution in [3.05, 3.63) is 29.8 Å². The summed E-state index contributed by atoms with van der Waals surface area (Å²) in [7, 11) is 0. The van der Waals surface area contributed by atoms with Crippen molar-refractivity contribution >= 4 is 23.0 Å². The van der Waals surface area contributed by atoms with Gasteiger partial charge in [0, 0.05) is 24.6 Å². The first-order valence-corrected chi connectivity index (χ1v) is 10.1. The van der Waals surface area contributed by atoms with Crippen LogP contribution in [0.15, 0.2) is 24.3 Å². The zero-order valence-electron chi connectivity index (χ0n) is 15.1. The van der Waals surface area contributed by atoms with Gasteiger partial charge in [-0.3, -0.25) is 0 Å². The third kappa shape index (κ3) is 4.09. The molecule has 2 unspecified atom stereocenters. The van der Waals surface area contributed by atoms with E-state index in [1.165, 1.54) is 50.6 Å². The lowest BCUT2D eigenvalue weighted by Crippen LogP contribution is -3.21. The van der Waals surface area contributed by atoms with Crippen LogP contribution in [-0.2, 0) is 6.42 Å². The van der Waals surface area contributed by atoms with Crippen LogP contribution >= 0.6 is 12.2 Å². The van der Waals surface area contributed by atoms with Crippen LogP contribution in [0.25, 0.3) is 0 Å². The van der Waals surface area contributed by atoms with Crippen molar-refractivity contribution < 1.29 is 4.90 Å². The number of para-hydroxylation sites is 1. The van der Waals surface area contributed by atoms with E-state index in [9.17, 15) is 0 Å². The summed E-state index contributed by atoms with van der Waals surface area (Å²) < 4.78 is 0. The number of fused-ring (bicyclic) bond motifs is 2. The molecule has 0 aromatic heterocycles. The number of hydrogen-bond donors (Lipinski definition) is 3. The van der Waals surface area contributed by atoms with E-state index in [1.807, 2.05) is 4.90 Å². The molecule has 3 rings (SSSR count). The minimum absolute atomic E-state index is 0.537. The minimum Gasteiger partial charge on any atom is -0.359 e. The number of benzene rings is 1. The minimum atomic E-state index is 0.537. The molecule has 4 atom stereocenters. The number of rotatable bonds is 5. The quantitative estimate of drug-likeness (QED) is 0.716. The molecule has 4 heteroatoms. The average molecular weight is 347 g/mol. The van der Waals surface area contributed by atoms with Crippen molar-refractivity contribution in [3.8, 4) is 0 Å². The van der Waals surface area contributed by atoms with Gasteiger partial charge in [0.15, 0.2) is 5.11 Å². The Labute approximate surface area is 152 Å². The number of hydrogen-bond acceptors (Lipinski definition) is 1. The van der Waals surface area contributed by atoms with Crippen LogP contribution < -0.4 is 15.5 Å². The van der Waals surface area contributed by atoms with E-state index in [2.05, 4.69) is 48.7 Å². The standard InChI is InChI=1S/C20H31N3S/c1-3-12-23-17-9-7-10-18(23)14-16(13-17)21-20(24)22-19-11-6-5-8-15(19)4-2/h5-6,8,11,16-18H,3-4,7,9-10,12-14H2,1-2H3,(H2,21,22,24)/p+1/t16?,17-,18+. The summed E-state index contributed by atoms with van der Waals surface area (Å²) in [5.74, 6) is 0. The smallest absolute Gasteiger partial charge is 0.171 e. The molecule has 0 spiro atoms. The zero-order chi connectivity index (χ0) is 16.9. The lowest BCUT2D eigenvalue weighted by molar-refractivity contribution is -0.961. The highest BCUT2D eigenvalue weighted by Crippen LogP contribution is 2.22. The van der Waals surface area contributed by atoms with Crippen LogP contribution in [0, 0.1) is 0 Å². The zero-order valence-corrected chi connectivity index (χ0v) is 15.9. The molecule has 1 aromatic rings. The number of piperidine rings is 2. The summed E-state index contributed by atoms with van der Waals surface area (Å²) in [5, 5.41) is 7.83. The molecule has 2 aliphatic rings. The van der Waals surface area contributed by atoms with Crippen molar-refractivity contribution in [2.24, 2.45) is 0 Å². The molecule has 24 heavy (non-hydrogen) atoms. The van der Waals surface area contributed by atoms with Crippen LogP contribution in [-0.4, -0.2) is 29.8 Å². The normalized spacial score (nSPS) is 29.1. The fourth-order valence-corrected chi connectivity index (χ4v) is 5.02. The van der Waals surface area contributed by atoms with Gasteiger partial charge >= 0.3 is 0 Å². The van der Waals surface area contributed by atoms with Crippen LogP contribution in [0.2, 0.25) is 0 Å². The first kappa shape index (κ1) is 17.7. The van der Waals surface area contributed by atoms with Gasteiger partial charge in [-0.15, -0.1) is 0 Å². The second-order valence-electron chi connectivity index (χ2n) is 7.43. The van der Waals surface area contributed by atoms with Gasteiger partial charge in [-0.2, -0.15) is 0 Å². The lowest BCUT2D eigenvalue weighted by Gasteiger charge is -2.46. The Morgan fingerprint density at radius 2 is 1.88 bits per heavy atom. The fraction of sp³-hybridized carbons (Fsp3) is 0.650. The monoisotopic (exact) mass is 346 g/mol. The highest BCUT2D eigenvalue weighted by molar-refractivity contribution is 7.80. The first-order chi connectivity index (χ1) is 11.7. The van der Waals surface area contributed by atoms with Gasteiger partial charge in [-0.25, -0.2) is 0 Å². The number of anilines is 1. The summed E-state index contributed by atoms with van der Waals surface area (Å²) in [6.07, 6.45) is 9.06. The summed E-state index contributed by atoms with van der Waals surface area (Å²) in [6, 6.07) is 10.7. The van der Waals surface area contributed by atoms with Crippen molar-refractivity contribution in [2.75, 3.05) is 11.9 Å². The Kier molecular flexibility index (Phi) is 6.12. The molecule has 2 bridgehead atoms. The molecular weight excluding hydrogens is 314 g/mol. The molecular formula is C20H32N3S+. The van der Waals surface area contributed by atoms with Crippen molar-refractivity contribution in [1.82, 2.24) is 5.32 Å². The van der Waals surface area contributed by atoms with Crippen LogP contribution in [0.3, 0.4) is 0 Å². The molecule has 3 N–H and O–H groups in total. The van der Waals surface area contributed by atoms with Crippen LogP contribution in [0.4, 0.5) is 5.69 Å². The highest BCUT2D eigenvalue weighted by atomic mass is 32.1. The van der Waals surface area contributed by atoms with Gasteiger partial charge < -0.3 is 15.5 Å². The predicted molar refractivity (Wildman–Crippen MR) is 106 cm³/mol. The Bertz CT molecular complexity index is 546. The van der Waals surface area contributed by atoms with Crippen LogP contribution in [0.1, 0.15) is 57.9 Å². The molecule has 132 valence electrons. The van der Waals surface area contributed by atoms with Gasteiger partial charge in [0.25, 0.3) is 0 Å². The van der Waals surface area contributed by atoms with Crippen LogP contribution in [0.5, 0.6) is 0 Å². The van der Waals surface area contributed by atoms with Crippen molar-refractivity contribution in [3.63, 3.8) is 0 Å². The Morgan fingerprint density at radius 1 is 1.17 bits per heavy atom. The number of thiocarbonyl (C=S) groups is 1. The third-order valence-electron chi connectivity index (χ3n) is 5.81. The summed E-state index contributed by atoms with van der Waals surface area (Å²) in [5.41, 5.74) is 2.47. The highest BCUT2D eigenvalue weighted by Gasteiger charge is 2.41. The maximum Gasteiger partial charge on any atom is 0.171 e. The summed E-state index contributed by atoms with van der Waals surface area (Å²) in [4.78, 5) is 1.87. The van der Waals surface area contributed by atoms with E-state index in [0.29, 0.717) is 6.04 Å². The van der Waals surface area contributed by atoms with E-state index < -0.39 is 0 Å². The fourth-order valence-electron chi connectivity index (χ4n) is 4.75. The van der Waals surface area contributed by atoms with E-state index in [1.54, 1.807) is 0 Å². The SMILES string of the molecule is CCC[NH+]1[C@@H]2CCC[C@H]1CC(NC(=S)Nc1ccccc1CC)C2. The molecule has 2 fully saturated rings. The Morgan fingerprint density at radius 3 is 2.54 bits per heavy atom. The number of quaternary nitrogens is 1. The third-order valence-corrected chi connectivity index (χ3v) is 6.03. The van der Waals surface area contributed by atoms with Gasteiger partial charge in [0.2, 0.25) is 0 Å². The average Bonchev–Trinajstić information content (AvgIpc) is 2.56. The molecule has 2 saturated heterocycles. The summed E-state index contributed by atoms with van der Waals surface area (Å²) >= 11 is 5.61. The van der Waals surface area contributed by atoms with E-state index in [0.717, 1.165) is 29.3 Å². The van der Waals surface area contributed by atoms with Crippen molar-refractivity contribution in [2.45, 2.75) is 76.9 Å². The number of nitrogens with one attached hydrogen (secondary N) is 3. The Hall–Kier alpha value is -1.13. The largest absolute Gasteiger partial charge is 0.359 e. The molecule has 2 heterocycles. The van der Waals surface area contributed by atoms with Crippen molar-refractivity contribution in [1.29, 1.82) is 0 Å². The molecule has 0 aliphatic carbocycles. The van der Waals surface area contributed by atoms with Gasteiger partial charge in [0.1, 0.15) is 0 Å². The van der Waals surface area contributed by atoms with E-state index in [4.69, 9.17) is 12.2 Å². The van der Waals surface area contributed by atoms with E-state index >= 15 is 0 Å². The maximum absolute atomic E-state index is 5.61. The van der Waals surface area contributed by atoms with Gasteiger partial charge in [0.05, 0.1) is 18.6 Å². The van der Waals surface area contributed by atoms with E-state index in [-0.39, 0.29) is 0 Å². The molecule has 0 amide bonds. The molecule has 0 saturated carbocycles. The second-order valence-corrected chi connectivity index (χ2v) is 7.84.